The fraction of sp³-hybridized carbons (Fsp3) is 0.538. The van der Waals surface area contributed by atoms with Gasteiger partial charge in [-0.05, 0) is 24.8 Å². The first-order chi connectivity index (χ1) is 8.13. The summed E-state index contributed by atoms with van der Waals surface area (Å²) in [5.74, 6) is 0.248. The van der Waals surface area contributed by atoms with Crippen LogP contribution in [0.5, 0.6) is 5.75 Å². The van der Waals surface area contributed by atoms with Crippen LogP contribution in [0.1, 0.15) is 30.9 Å². The predicted octanol–water partition coefficient (Wildman–Crippen LogP) is 2.42. The zero-order chi connectivity index (χ0) is 12.4. The second-order valence-corrected chi connectivity index (χ2v) is 4.59. The molecule has 0 heterocycles. The van der Waals surface area contributed by atoms with Crippen molar-refractivity contribution in [2.24, 2.45) is 11.7 Å². The van der Waals surface area contributed by atoms with Crippen LogP contribution in [-0.4, -0.2) is 18.3 Å². The number of aliphatic hydroxyl groups excluding tert-OH is 1. The highest BCUT2D eigenvalue weighted by Gasteiger charge is 2.31. The molecule has 0 spiro atoms. The third-order valence-corrected chi connectivity index (χ3v) is 3.57. The van der Waals surface area contributed by atoms with E-state index in [1.807, 2.05) is 0 Å². The van der Waals surface area contributed by atoms with Crippen LogP contribution in [0.4, 0.5) is 4.39 Å². The van der Waals surface area contributed by atoms with Crippen LogP contribution >= 0.6 is 12.4 Å². The van der Waals surface area contributed by atoms with E-state index in [1.54, 1.807) is 12.1 Å². The van der Waals surface area contributed by atoms with Crippen molar-refractivity contribution in [3.8, 4) is 5.75 Å². The molecule has 0 radical (unpaired) electrons. The summed E-state index contributed by atoms with van der Waals surface area (Å²) >= 11 is 0. The topological polar surface area (TPSA) is 55.5 Å². The van der Waals surface area contributed by atoms with E-state index in [9.17, 15) is 9.50 Å². The Morgan fingerprint density at radius 3 is 2.56 bits per heavy atom. The molecule has 1 aliphatic carbocycles. The maximum absolute atomic E-state index is 13.8. The van der Waals surface area contributed by atoms with Crippen LogP contribution in [0.3, 0.4) is 0 Å². The lowest BCUT2D eigenvalue weighted by atomic mass is 9.77. The summed E-state index contributed by atoms with van der Waals surface area (Å²) in [7, 11) is 1.48. The molecule has 0 amide bonds. The van der Waals surface area contributed by atoms with Gasteiger partial charge in [0.25, 0.3) is 0 Å². The minimum absolute atomic E-state index is 0. The molecular formula is C13H19ClFNO2. The van der Waals surface area contributed by atoms with E-state index >= 15 is 0 Å². The Labute approximate surface area is 113 Å². The Morgan fingerprint density at radius 1 is 1.44 bits per heavy atom. The molecule has 0 aromatic heterocycles. The van der Waals surface area contributed by atoms with Gasteiger partial charge in [0, 0.05) is 11.6 Å². The molecule has 102 valence electrons. The lowest BCUT2D eigenvalue weighted by molar-refractivity contribution is 0.0404. The smallest absolute Gasteiger partial charge is 0.131 e. The number of benzene rings is 1. The van der Waals surface area contributed by atoms with Crippen molar-refractivity contribution in [3.05, 3.63) is 29.6 Å². The minimum atomic E-state index is -0.661. The lowest BCUT2D eigenvalue weighted by Crippen LogP contribution is -2.36. The van der Waals surface area contributed by atoms with Crippen molar-refractivity contribution < 1.29 is 14.2 Å². The predicted molar refractivity (Wildman–Crippen MR) is 70.5 cm³/mol. The number of hydrogen-bond acceptors (Lipinski definition) is 3. The van der Waals surface area contributed by atoms with E-state index in [-0.39, 0.29) is 18.3 Å². The van der Waals surface area contributed by atoms with Gasteiger partial charge in [-0.3, -0.25) is 0 Å². The Balaban J connectivity index is 0.00000162. The first-order valence-electron chi connectivity index (χ1n) is 5.90. The number of rotatable bonds is 4. The van der Waals surface area contributed by atoms with Gasteiger partial charge in [-0.1, -0.05) is 12.5 Å². The molecule has 1 aliphatic rings. The van der Waals surface area contributed by atoms with E-state index in [2.05, 4.69) is 0 Å². The number of ether oxygens (including phenoxy) is 1. The van der Waals surface area contributed by atoms with Gasteiger partial charge < -0.3 is 15.6 Å². The van der Waals surface area contributed by atoms with Crippen molar-refractivity contribution in [2.75, 3.05) is 7.11 Å². The van der Waals surface area contributed by atoms with Crippen molar-refractivity contribution in [2.45, 2.75) is 31.4 Å². The van der Waals surface area contributed by atoms with Crippen LogP contribution in [0, 0.1) is 11.7 Å². The lowest BCUT2D eigenvalue weighted by Gasteiger charge is -2.33. The molecule has 3 nitrogen and oxygen atoms in total. The molecule has 3 N–H and O–H groups in total. The molecule has 0 bridgehead atoms. The van der Waals surface area contributed by atoms with Gasteiger partial charge in [-0.15, -0.1) is 12.4 Å². The highest BCUT2D eigenvalue weighted by Crippen LogP contribution is 2.35. The molecule has 0 aliphatic heterocycles. The molecular weight excluding hydrogens is 257 g/mol. The second-order valence-electron chi connectivity index (χ2n) is 4.59. The molecule has 2 atom stereocenters. The van der Waals surface area contributed by atoms with Crippen molar-refractivity contribution >= 4 is 12.4 Å². The third-order valence-electron chi connectivity index (χ3n) is 3.57. The van der Waals surface area contributed by atoms with E-state index in [0.717, 1.165) is 19.3 Å². The summed E-state index contributed by atoms with van der Waals surface area (Å²) in [5, 5.41) is 10.0. The average molecular weight is 276 g/mol. The summed E-state index contributed by atoms with van der Waals surface area (Å²) in [5.41, 5.74) is 6.26. The van der Waals surface area contributed by atoms with E-state index in [0.29, 0.717) is 11.3 Å². The number of nitrogens with two attached hydrogens (primary N) is 1. The highest BCUT2D eigenvalue weighted by atomic mass is 35.5. The minimum Gasteiger partial charge on any atom is -0.497 e. The fourth-order valence-electron chi connectivity index (χ4n) is 2.16. The Hall–Kier alpha value is -0.840. The molecule has 1 aromatic carbocycles. The van der Waals surface area contributed by atoms with Crippen molar-refractivity contribution in [1.82, 2.24) is 0 Å². The van der Waals surface area contributed by atoms with Crippen LogP contribution in [-0.2, 0) is 0 Å². The molecule has 0 saturated heterocycles. The Bertz CT molecular complexity index is 399. The molecule has 1 fully saturated rings. The van der Waals surface area contributed by atoms with Crippen LogP contribution in [0.15, 0.2) is 18.2 Å². The number of aliphatic hydroxyl groups is 1. The van der Waals surface area contributed by atoms with Crippen LogP contribution in [0.25, 0.3) is 0 Å². The normalized spacial score (nSPS) is 18.4. The summed E-state index contributed by atoms with van der Waals surface area (Å²) in [6.07, 6.45) is 2.42. The third kappa shape index (κ3) is 2.94. The van der Waals surface area contributed by atoms with Gasteiger partial charge in [0.1, 0.15) is 11.6 Å². The molecule has 2 rings (SSSR count). The first kappa shape index (κ1) is 15.2. The molecule has 1 aromatic rings. The molecule has 0 unspecified atom stereocenters. The van der Waals surface area contributed by atoms with E-state index in [1.165, 1.54) is 13.2 Å². The monoisotopic (exact) mass is 275 g/mol. The standard InChI is InChI=1S/C13H18FNO2.ClH/c1-17-9-5-6-10(11(14)7-9)12(15)13(16)8-3-2-4-8;/h5-8,12-13,16H,2-4,15H2,1H3;1H/t12-,13+;/m0./s1. The summed E-state index contributed by atoms with van der Waals surface area (Å²) in [4.78, 5) is 0. The summed E-state index contributed by atoms with van der Waals surface area (Å²) in [6.45, 7) is 0. The highest BCUT2D eigenvalue weighted by molar-refractivity contribution is 5.85. The Morgan fingerprint density at radius 2 is 2.11 bits per heavy atom. The number of hydrogen-bond donors (Lipinski definition) is 2. The Kier molecular flexibility index (Phi) is 5.38. The zero-order valence-corrected chi connectivity index (χ0v) is 11.1. The van der Waals surface area contributed by atoms with Crippen molar-refractivity contribution in [1.29, 1.82) is 0 Å². The second kappa shape index (κ2) is 6.36. The van der Waals surface area contributed by atoms with Crippen LogP contribution in [0.2, 0.25) is 0 Å². The molecule has 18 heavy (non-hydrogen) atoms. The molecule has 5 heteroatoms. The van der Waals surface area contributed by atoms with Gasteiger partial charge in [0.15, 0.2) is 0 Å². The zero-order valence-electron chi connectivity index (χ0n) is 10.3. The van der Waals surface area contributed by atoms with E-state index < -0.39 is 18.0 Å². The number of methoxy groups -OCH3 is 1. The van der Waals surface area contributed by atoms with Gasteiger partial charge in [0.2, 0.25) is 0 Å². The number of halogens is 2. The first-order valence-corrected chi connectivity index (χ1v) is 5.90. The quantitative estimate of drug-likeness (QED) is 0.887. The van der Waals surface area contributed by atoms with Gasteiger partial charge in [-0.2, -0.15) is 0 Å². The average Bonchev–Trinajstić information content (AvgIpc) is 2.25. The van der Waals surface area contributed by atoms with Gasteiger partial charge >= 0.3 is 0 Å². The van der Waals surface area contributed by atoms with Crippen molar-refractivity contribution in [3.63, 3.8) is 0 Å². The summed E-state index contributed by atoms with van der Waals surface area (Å²) < 4.78 is 18.7. The SMILES string of the molecule is COc1ccc([C@H](N)[C@H](O)C2CCC2)c(F)c1.Cl. The summed E-state index contributed by atoms with van der Waals surface area (Å²) in [6, 6.07) is 3.88. The fourth-order valence-corrected chi connectivity index (χ4v) is 2.16. The van der Waals surface area contributed by atoms with Gasteiger partial charge in [0.05, 0.1) is 19.3 Å². The molecule has 1 saturated carbocycles. The van der Waals surface area contributed by atoms with Crippen LogP contribution < -0.4 is 10.5 Å². The maximum atomic E-state index is 13.8. The maximum Gasteiger partial charge on any atom is 0.131 e. The van der Waals surface area contributed by atoms with Gasteiger partial charge in [-0.25, -0.2) is 4.39 Å². The largest absolute Gasteiger partial charge is 0.497 e. The van der Waals surface area contributed by atoms with E-state index in [4.69, 9.17) is 10.5 Å².